The van der Waals surface area contributed by atoms with Crippen LogP contribution in [0.1, 0.15) is 16.8 Å². The second-order valence-electron chi connectivity index (χ2n) is 3.02. The van der Waals surface area contributed by atoms with Gasteiger partial charge in [-0.1, -0.05) is 0 Å². The SMILES string of the molecule is O=C(O)CCOC(=O)c1c(I)cc(I)cc1I. The van der Waals surface area contributed by atoms with E-state index in [-0.39, 0.29) is 13.0 Å². The number of carboxylic acid groups (broad SMARTS) is 1. The summed E-state index contributed by atoms with van der Waals surface area (Å²) in [6.45, 7) is -0.105. The van der Waals surface area contributed by atoms with Crippen LogP contribution in [0.15, 0.2) is 12.1 Å². The van der Waals surface area contributed by atoms with Crippen LogP contribution in [0.3, 0.4) is 0 Å². The largest absolute Gasteiger partial charge is 0.481 e. The van der Waals surface area contributed by atoms with Gasteiger partial charge in [-0.05, 0) is 79.9 Å². The lowest BCUT2D eigenvalue weighted by molar-refractivity contribution is -0.137. The maximum Gasteiger partial charge on any atom is 0.340 e. The average molecular weight is 572 g/mol. The zero-order valence-electron chi connectivity index (χ0n) is 8.37. The minimum atomic E-state index is -0.982. The van der Waals surface area contributed by atoms with Crippen LogP contribution in [0.2, 0.25) is 0 Å². The van der Waals surface area contributed by atoms with Crippen LogP contribution in [0, 0.1) is 10.7 Å². The van der Waals surface area contributed by atoms with Crippen LogP contribution in [-0.2, 0) is 9.53 Å². The number of carbonyl (C=O) groups excluding carboxylic acids is 1. The lowest BCUT2D eigenvalue weighted by Crippen LogP contribution is -2.12. The molecule has 0 amide bonds. The fourth-order valence-electron chi connectivity index (χ4n) is 1.04. The van der Waals surface area contributed by atoms with Crippen molar-refractivity contribution in [2.75, 3.05) is 6.61 Å². The number of aliphatic carboxylic acids is 1. The first kappa shape index (κ1) is 15.4. The van der Waals surface area contributed by atoms with E-state index in [9.17, 15) is 9.59 Å². The highest BCUT2D eigenvalue weighted by Gasteiger charge is 2.16. The number of hydrogen-bond donors (Lipinski definition) is 1. The monoisotopic (exact) mass is 572 g/mol. The van der Waals surface area contributed by atoms with Gasteiger partial charge in [-0.3, -0.25) is 4.79 Å². The Hall–Kier alpha value is 0.350. The maximum absolute atomic E-state index is 11.8. The van der Waals surface area contributed by atoms with Crippen molar-refractivity contribution in [2.45, 2.75) is 6.42 Å². The number of hydrogen-bond acceptors (Lipinski definition) is 3. The number of ether oxygens (including phenoxy) is 1. The van der Waals surface area contributed by atoms with Gasteiger partial charge in [0.15, 0.2) is 0 Å². The normalized spacial score (nSPS) is 10.1. The van der Waals surface area contributed by atoms with Gasteiger partial charge in [0.1, 0.15) is 6.61 Å². The molecule has 0 aliphatic heterocycles. The van der Waals surface area contributed by atoms with Crippen LogP contribution in [0.25, 0.3) is 0 Å². The summed E-state index contributed by atoms with van der Waals surface area (Å²) in [6.07, 6.45) is -0.177. The van der Waals surface area contributed by atoms with Crippen molar-refractivity contribution in [1.29, 1.82) is 0 Å². The van der Waals surface area contributed by atoms with Gasteiger partial charge in [0, 0.05) is 10.7 Å². The van der Waals surface area contributed by atoms with E-state index in [1.165, 1.54) is 0 Å². The smallest absolute Gasteiger partial charge is 0.340 e. The van der Waals surface area contributed by atoms with Gasteiger partial charge in [0.05, 0.1) is 12.0 Å². The average Bonchev–Trinajstić information content (AvgIpc) is 2.14. The molecule has 17 heavy (non-hydrogen) atoms. The quantitative estimate of drug-likeness (QED) is 0.446. The van der Waals surface area contributed by atoms with Crippen molar-refractivity contribution in [2.24, 2.45) is 0 Å². The number of carbonyl (C=O) groups is 2. The molecular weight excluding hydrogens is 565 g/mol. The van der Waals surface area contributed by atoms with Crippen molar-refractivity contribution in [1.82, 2.24) is 0 Å². The van der Waals surface area contributed by atoms with Crippen molar-refractivity contribution in [3.63, 3.8) is 0 Å². The van der Waals surface area contributed by atoms with Crippen LogP contribution < -0.4 is 0 Å². The summed E-state index contributed by atoms with van der Waals surface area (Å²) in [6, 6.07) is 3.74. The Morgan fingerprint density at radius 3 is 2.18 bits per heavy atom. The Bertz CT molecular complexity index is 436. The van der Waals surface area contributed by atoms with Gasteiger partial charge in [0.25, 0.3) is 0 Å². The molecule has 0 spiro atoms. The van der Waals surface area contributed by atoms with Gasteiger partial charge < -0.3 is 9.84 Å². The lowest BCUT2D eigenvalue weighted by atomic mass is 10.2. The number of carboxylic acids is 1. The molecule has 0 bridgehead atoms. The number of benzene rings is 1. The van der Waals surface area contributed by atoms with Gasteiger partial charge in [0.2, 0.25) is 0 Å². The second kappa shape index (κ2) is 7.07. The molecule has 1 rings (SSSR count). The topological polar surface area (TPSA) is 63.6 Å². The summed E-state index contributed by atoms with van der Waals surface area (Å²) in [5.74, 6) is -1.46. The van der Waals surface area contributed by atoms with Crippen LogP contribution in [0.5, 0.6) is 0 Å². The van der Waals surface area contributed by atoms with E-state index in [1.807, 2.05) is 12.1 Å². The molecule has 0 saturated carbocycles. The molecule has 1 N–H and O–H groups in total. The molecule has 0 radical (unpaired) electrons. The van der Waals surface area contributed by atoms with E-state index in [2.05, 4.69) is 67.8 Å². The van der Waals surface area contributed by atoms with E-state index in [0.29, 0.717) is 5.56 Å². The van der Waals surface area contributed by atoms with Crippen LogP contribution >= 0.6 is 67.8 Å². The minimum absolute atomic E-state index is 0.105. The first-order valence-corrected chi connectivity index (χ1v) is 7.69. The molecule has 0 atom stereocenters. The predicted octanol–water partition coefficient (Wildman–Crippen LogP) is 3.13. The van der Waals surface area contributed by atoms with E-state index < -0.39 is 11.9 Å². The van der Waals surface area contributed by atoms with Gasteiger partial charge in [-0.2, -0.15) is 0 Å². The van der Waals surface area contributed by atoms with E-state index in [1.54, 1.807) is 0 Å². The molecular formula is C10H7I3O4. The molecule has 0 heterocycles. The summed E-state index contributed by atoms with van der Waals surface area (Å²) in [5, 5.41) is 8.45. The summed E-state index contributed by atoms with van der Waals surface area (Å²) in [4.78, 5) is 22.1. The van der Waals surface area contributed by atoms with Crippen molar-refractivity contribution in [3.05, 3.63) is 28.4 Å². The first-order valence-electron chi connectivity index (χ1n) is 4.45. The highest BCUT2D eigenvalue weighted by molar-refractivity contribution is 14.1. The van der Waals surface area contributed by atoms with E-state index in [0.717, 1.165) is 10.7 Å². The fraction of sp³-hybridized carbons (Fsp3) is 0.200. The second-order valence-corrected chi connectivity index (χ2v) is 6.59. The maximum atomic E-state index is 11.8. The Kier molecular flexibility index (Phi) is 6.40. The minimum Gasteiger partial charge on any atom is -0.481 e. The molecule has 0 aromatic heterocycles. The summed E-state index contributed by atoms with van der Waals surface area (Å²) >= 11 is 6.30. The Morgan fingerprint density at radius 1 is 1.18 bits per heavy atom. The fourth-order valence-corrected chi connectivity index (χ4v) is 5.06. The van der Waals surface area contributed by atoms with Crippen LogP contribution in [-0.4, -0.2) is 23.7 Å². The third-order valence-electron chi connectivity index (χ3n) is 1.76. The molecule has 0 saturated heterocycles. The molecule has 92 valence electrons. The number of rotatable bonds is 4. The zero-order valence-corrected chi connectivity index (χ0v) is 14.8. The molecule has 4 nitrogen and oxygen atoms in total. The molecule has 1 aromatic rings. The van der Waals surface area contributed by atoms with Crippen LogP contribution in [0.4, 0.5) is 0 Å². The van der Waals surface area contributed by atoms with Gasteiger partial charge >= 0.3 is 11.9 Å². The van der Waals surface area contributed by atoms with E-state index >= 15 is 0 Å². The highest BCUT2D eigenvalue weighted by atomic mass is 127. The standard InChI is InChI=1S/C10H7I3O4/c11-5-3-6(12)9(7(13)4-5)10(16)17-2-1-8(14)15/h3-4H,1-2H2,(H,14,15). The first-order chi connectivity index (χ1) is 7.91. The van der Waals surface area contributed by atoms with Crippen molar-refractivity contribution < 1.29 is 19.4 Å². The Morgan fingerprint density at radius 2 is 1.71 bits per heavy atom. The van der Waals surface area contributed by atoms with Crippen molar-refractivity contribution >= 4 is 79.7 Å². The Balaban J connectivity index is 2.79. The molecule has 1 aromatic carbocycles. The summed E-state index contributed by atoms with van der Waals surface area (Å²) in [7, 11) is 0. The zero-order chi connectivity index (χ0) is 13.0. The molecule has 0 aliphatic rings. The molecule has 0 unspecified atom stereocenters. The predicted molar refractivity (Wildman–Crippen MR) is 87.1 cm³/mol. The van der Waals surface area contributed by atoms with Gasteiger partial charge in [-0.15, -0.1) is 0 Å². The molecule has 7 heteroatoms. The van der Waals surface area contributed by atoms with Gasteiger partial charge in [-0.25, -0.2) is 4.79 Å². The van der Waals surface area contributed by atoms with E-state index in [4.69, 9.17) is 9.84 Å². The Labute approximate surface area is 139 Å². The number of halogens is 3. The number of esters is 1. The third kappa shape index (κ3) is 4.85. The van der Waals surface area contributed by atoms with Crippen molar-refractivity contribution in [3.8, 4) is 0 Å². The third-order valence-corrected chi connectivity index (χ3v) is 4.08. The lowest BCUT2D eigenvalue weighted by Gasteiger charge is -2.08. The summed E-state index contributed by atoms with van der Waals surface area (Å²) in [5.41, 5.74) is 0.497. The molecule has 0 aliphatic carbocycles. The summed E-state index contributed by atoms with van der Waals surface area (Å²) < 4.78 is 7.56. The highest BCUT2D eigenvalue weighted by Crippen LogP contribution is 2.23. The molecule has 0 fully saturated rings.